The van der Waals surface area contributed by atoms with Crippen LogP contribution < -0.4 is 5.32 Å². The largest absolute Gasteiger partial charge is 0.453 e. The van der Waals surface area contributed by atoms with E-state index in [1.807, 2.05) is 24.3 Å². The summed E-state index contributed by atoms with van der Waals surface area (Å²) in [5.74, 6) is 0.659. The topological polar surface area (TPSA) is 86.4 Å². The van der Waals surface area contributed by atoms with Crippen molar-refractivity contribution in [2.45, 2.75) is 0 Å². The van der Waals surface area contributed by atoms with Crippen molar-refractivity contribution in [3.63, 3.8) is 0 Å². The van der Waals surface area contributed by atoms with Crippen LogP contribution in [0.1, 0.15) is 21.0 Å². The van der Waals surface area contributed by atoms with Crippen molar-refractivity contribution in [2.75, 3.05) is 20.3 Å². The second-order valence-corrected chi connectivity index (χ2v) is 5.26. The molecule has 0 saturated carbocycles. The molecule has 0 spiro atoms. The zero-order valence-corrected chi connectivity index (χ0v) is 13.6. The fraction of sp³-hybridized carbons (Fsp3) is 0.167. The van der Waals surface area contributed by atoms with Crippen LogP contribution in [0.2, 0.25) is 0 Å². The van der Waals surface area contributed by atoms with Gasteiger partial charge in [0.15, 0.2) is 17.7 Å². The van der Waals surface area contributed by atoms with Crippen LogP contribution >= 0.6 is 0 Å². The van der Waals surface area contributed by atoms with Crippen molar-refractivity contribution in [3.8, 4) is 17.0 Å². The van der Waals surface area contributed by atoms with E-state index in [0.717, 1.165) is 11.3 Å². The number of carbonyl (C=O) groups excluding carboxylic acids is 2. The van der Waals surface area contributed by atoms with Crippen LogP contribution in [0.5, 0.6) is 0 Å². The average Bonchev–Trinajstić information content (AvgIpc) is 3.31. The van der Waals surface area contributed by atoms with Crippen molar-refractivity contribution >= 4 is 12.2 Å². The molecule has 0 atom stereocenters. The van der Waals surface area contributed by atoms with Gasteiger partial charge >= 0.3 is 0 Å². The second kappa shape index (κ2) is 7.59. The lowest BCUT2D eigenvalue weighted by Gasteiger charge is -2.03. The lowest BCUT2D eigenvalue weighted by atomic mass is 10.1. The Labute approximate surface area is 144 Å². The molecule has 7 heteroatoms. The third-order valence-electron chi connectivity index (χ3n) is 3.57. The number of rotatable bonds is 7. The molecule has 0 fully saturated rings. The van der Waals surface area contributed by atoms with Gasteiger partial charge in [-0.25, -0.2) is 4.68 Å². The highest BCUT2D eigenvalue weighted by molar-refractivity contribution is 5.92. The molecule has 3 aromatic rings. The smallest absolute Gasteiger partial charge is 0.271 e. The summed E-state index contributed by atoms with van der Waals surface area (Å²) in [6, 6.07) is 12.5. The van der Waals surface area contributed by atoms with Gasteiger partial charge in [0.05, 0.1) is 12.3 Å². The van der Waals surface area contributed by atoms with E-state index in [2.05, 4.69) is 10.4 Å². The van der Waals surface area contributed by atoms with Gasteiger partial charge in [0.2, 0.25) is 0 Å². The lowest BCUT2D eigenvalue weighted by Crippen LogP contribution is -2.27. The van der Waals surface area contributed by atoms with Crippen LogP contribution in [0.4, 0.5) is 0 Å². The van der Waals surface area contributed by atoms with Gasteiger partial charge in [-0.2, -0.15) is 5.10 Å². The van der Waals surface area contributed by atoms with E-state index >= 15 is 0 Å². The fourth-order valence-electron chi connectivity index (χ4n) is 2.30. The maximum atomic E-state index is 12.0. The third kappa shape index (κ3) is 3.84. The summed E-state index contributed by atoms with van der Waals surface area (Å²) >= 11 is 0. The number of nitrogens with one attached hydrogen (secondary N) is 1. The molecule has 0 saturated heterocycles. The molecule has 1 aromatic carbocycles. The van der Waals surface area contributed by atoms with Crippen molar-refractivity contribution in [3.05, 3.63) is 60.1 Å². The monoisotopic (exact) mass is 339 g/mol. The third-order valence-corrected chi connectivity index (χ3v) is 3.57. The molecule has 128 valence electrons. The number of amides is 1. The van der Waals surface area contributed by atoms with Crippen LogP contribution in [0.25, 0.3) is 17.0 Å². The maximum Gasteiger partial charge on any atom is 0.271 e. The van der Waals surface area contributed by atoms with Gasteiger partial charge < -0.3 is 14.5 Å². The molecule has 0 aliphatic heterocycles. The van der Waals surface area contributed by atoms with E-state index in [4.69, 9.17) is 9.15 Å². The van der Waals surface area contributed by atoms with Crippen molar-refractivity contribution in [1.82, 2.24) is 15.1 Å². The number of hydrogen-bond acceptors (Lipinski definition) is 5. The van der Waals surface area contributed by atoms with E-state index in [0.29, 0.717) is 30.9 Å². The van der Waals surface area contributed by atoms with E-state index in [-0.39, 0.29) is 11.7 Å². The second-order valence-electron chi connectivity index (χ2n) is 5.26. The van der Waals surface area contributed by atoms with Crippen molar-refractivity contribution in [2.24, 2.45) is 0 Å². The summed E-state index contributed by atoms with van der Waals surface area (Å²) in [4.78, 5) is 22.6. The fourth-order valence-corrected chi connectivity index (χ4v) is 2.30. The van der Waals surface area contributed by atoms with Crippen molar-refractivity contribution in [1.29, 1.82) is 0 Å². The number of methoxy groups -OCH3 is 1. The SMILES string of the molecule is COCCNC(=O)c1ccn(-c2ccc(-c3ccc(C=O)o3)cc2)n1. The molecule has 0 aliphatic carbocycles. The molecule has 3 rings (SSSR count). The van der Waals surface area contributed by atoms with E-state index < -0.39 is 0 Å². The summed E-state index contributed by atoms with van der Waals surface area (Å²) in [6.45, 7) is 0.884. The Bertz CT molecular complexity index is 865. The van der Waals surface area contributed by atoms with Gasteiger partial charge in [0.1, 0.15) is 5.76 Å². The first-order valence-corrected chi connectivity index (χ1v) is 7.70. The van der Waals surface area contributed by atoms with Gasteiger partial charge in [0.25, 0.3) is 5.91 Å². The summed E-state index contributed by atoms with van der Waals surface area (Å²) < 4.78 is 11.9. The molecule has 2 aromatic heterocycles. The molecule has 0 aliphatic rings. The zero-order valence-electron chi connectivity index (χ0n) is 13.6. The number of hydrogen-bond donors (Lipinski definition) is 1. The molecule has 1 N–H and O–H groups in total. The van der Waals surface area contributed by atoms with Crippen LogP contribution in [0, 0.1) is 0 Å². The molecule has 1 amide bonds. The standard InChI is InChI=1S/C18H17N3O4/c1-24-11-9-19-18(23)16-8-10-21(20-16)14-4-2-13(3-5-14)17-7-6-15(12-22)25-17/h2-8,10,12H,9,11H2,1H3,(H,19,23). The Morgan fingerprint density at radius 2 is 2.04 bits per heavy atom. The normalized spacial score (nSPS) is 10.6. The quantitative estimate of drug-likeness (QED) is 0.527. The highest BCUT2D eigenvalue weighted by Gasteiger charge is 2.10. The lowest BCUT2D eigenvalue weighted by molar-refractivity contribution is 0.0931. The summed E-state index contributed by atoms with van der Waals surface area (Å²) in [6.07, 6.45) is 2.39. The number of furan rings is 1. The Morgan fingerprint density at radius 3 is 2.72 bits per heavy atom. The first-order valence-electron chi connectivity index (χ1n) is 7.70. The molecular formula is C18H17N3O4. The summed E-state index contributed by atoms with van der Waals surface area (Å²) in [5, 5.41) is 7.00. The minimum absolute atomic E-state index is 0.246. The van der Waals surface area contributed by atoms with Crippen LogP contribution in [0.3, 0.4) is 0 Å². The highest BCUT2D eigenvalue weighted by atomic mass is 16.5. The van der Waals surface area contributed by atoms with Gasteiger partial charge in [-0.1, -0.05) is 0 Å². The van der Waals surface area contributed by atoms with E-state index in [9.17, 15) is 9.59 Å². The Balaban J connectivity index is 1.72. The van der Waals surface area contributed by atoms with Gasteiger partial charge in [-0.05, 0) is 42.5 Å². The number of nitrogens with zero attached hydrogens (tertiary/aromatic N) is 2. The number of aldehydes is 1. The predicted molar refractivity (Wildman–Crippen MR) is 90.9 cm³/mol. The molecular weight excluding hydrogens is 322 g/mol. The molecule has 0 bridgehead atoms. The Morgan fingerprint density at radius 1 is 1.24 bits per heavy atom. The molecule has 0 unspecified atom stereocenters. The Kier molecular flexibility index (Phi) is 5.06. The summed E-state index contributed by atoms with van der Waals surface area (Å²) in [7, 11) is 1.58. The van der Waals surface area contributed by atoms with Crippen LogP contribution in [-0.2, 0) is 4.74 Å². The number of aromatic nitrogens is 2. The Hall–Kier alpha value is -3.19. The summed E-state index contributed by atoms with van der Waals surface area (Å²) in [5.41, 5.74) is 1.99. The van der Waals surface area contributed by atoms with Crippen molar-refractivity contribution < 1.29 is 18.7 Å². The predicted octanol–water partition coefficient (Wildman–Crippen LogP) is 2.32. The van der Waals surface area contributed by atoms with Gasteiger partial charge in [-0.3, -0.25) is 9.59 Å². The van der Waals surface area contributed by atoms with E-state index in [1.165, 1.54) is 0 Å². The molecule has 2 heterocycles. The molecule has 25 heavy (non-hydrogen) atoms. The minimum Gasteiger partial charge on any atom is -0.453 e. The van der Waals surface area contributed by atoms with Crippen LogP contribution in [-0.4, -0.2) is 42.2 Å². The minimum atomic E-state index is -0.246. The molecule has 0 radical (unpaired) electrons. The first kappa shape index (κ1) is 16.7. The first-order chi connectivity index (χ1) is 12.2. The van der Waals surface area contributed by atoms with Gasteiger partial charge in [0, 0.05) is 25.4 Å². The molecule has 7 nitrogen and oxygen atoms in total. The maximum absolute atomic E-state index is 12.0. The highest BCUT2D eigenvalue weighted by Crippen LogP contribution is 2.22. The van der Waals surface area contributed by atoms with Gasteiger partial charge in [-0.15, -0.1) is 0 Å². The number of benzene rings is 1. The number of carbonyl (C=O) groups is 2. The number of ether oxygens (including phenoxy) is 1. The average molecular weight is 339 g/mol. The zero-order chi connectivity index (χ0) is 17.6. The van der Waals surface area contributed by atoms with E-state index in [1.54, 1.807) is 36.2 Å². The van der Waals surface area contributed by atoms with Crippen LogP contribution in [0.15, 0.2) is 53.1 Å².